The highest BCUT2D eigenvalue weighted by molar-refractivity contribution is 5.90. The van der Waals surface area contributed by atoms with Gasteiger partial charge in [0.05, 0.1) is 23.7 Å². The van der Waals surface area contributed by atoms with E-state index >= 15 is 0 Å². The number of aliphatic carboxylic acids is 2. The van der Waals surface area contributed by atoms with Crippen LogP contribution < -0.4 is 11.5 Å². The van der Waals surface area contributed by atoms with Crippen LogP contribution in [-0.2, 0) is 19.2 Å². The third-order valence-electron chi connectivity index (χ3n) is 5.55. The number of hydrogen-bond acceptors (Lipinski definition) is 4. The molecule has 2 bridgehead atoms. The van der Waals surface area contributed by atoms with Crippen LogP contribution in [0, 0.1) is 47.3 Å². The lowest BCUT2D eigenvalue weighted by atomic mass is 9.39. The fourth-order valence-electron chi connectivity index (χ4n) is 4.88. The van der Waals surface area contributed by atoms with E-state index in [-0.39, 0.29) is 0 Å². The molecular formula is C14H16N2O6. The van der Waals surface area contributed by atoms with Crippen LogP contribution in [0.4, 0.5) is 0 Å². The van der Waals surface area contributed by atoms with Crippen molar-refractivity contribution < 1.29 is 29.4 Å². The maximum Gasteiger partial charge on any atom is 0.308 e. The molecule has 0 aromatic heterocycles. The second-order valence-electron chi connectivity index (χ2n) is 6.28. The Labute approximate surface area is 125 Å². The molecule has 0 aromatic carbocycles. The van der Waals surface area contributed by atoms with Gasteiger partial charge in [-0.3, -0.25) is 19.2 Å². The van der Waals surface area contributed by atoms with Crippen LogP contribution in [0.1, 0.15) is 0 Å². The van der Waals surface area contributed by atoms with Crippen molar-refractivity contribution in [1.82, 2.24) is 0 Å². The van der Waals surface area contributed by atoms with Gasteiger partial charge in [0.15, 0.2) is 0 Å². The number of rotatable bonds is 4. The zero-order valence-corrected chi connectivity index (χ0v) is 11.5. The van der Waals surface area contributed by atoms with Gasteiger partial charge in [-0.2, -0.15) is 0 Å². The van der Waals surface area contributed by atoms with Crippen LogP contribution in [0.2, 0.25) is 0 Å². The molecule has 8 heteroatoms. The van der Waals surface area contributed by atoms with Gasteiger partial charge in [-0.1, -0.05) is 12.2 Å². The van der Waals surface area contributed by atoms with Crippen molar-refractivity contribution in [3.8, 4) is 0 Å². The zero-order valence-electron chi connectivity index (χ0n) is 11.5. The minimum absolute atomic E-state index is 0.429. The van der Waals surface area contributed by atoms with Crippen molar-refractivity contribution in [1.29, 1.82) is 0 Å². The van der Waals surface area contributed by atoms with Gasteiger partial charge in [-0.05, 0) is 23.7 Å². The summed E-state index contributed by atoms with van der Waals surface area (Å²) in [7, 11) is 0. The Kier molecular flexibility index (Phi) is 3.01. The topological polar surface area (TPSA) is 161 Å². The van der Waals surface area contributed by atoms with Crippen LogP contribution in [0.5, 0.6) is 0 Å². The molecule has 118 valence electrons. The summed E-state index contributed by atoms with van der Waals surface area (Å²) in [6.45, 7) is 0. The molecule has 0 saturated heterocycles. The third kappa shape index (κ3) is 1.63. The summed E-state index contributed by atoms with van der Waals surface area (Å²) in [5, 5.41) is 18.8. The first kappa shape index (κ1) is 14.6. The average molecular weight is 308 g/mol. The normalized spacial score (nSPS) is 44.7. The molecule has 0 aromatic rings. The summed E-state index contributed by atoms with van der Waals surface area (Å²) in [5.41, 5.74) is 10.7. The first-order valence-corrected chi connectivity index (χ1v) is 7.00. The van der Waals surface area contributed by atoms with E-state index in [1.165, 1.54) is 0 Å². The summed E-state index contributed by atoms with van der Waals surface area (Å²) < 4.78 is 0. The van der Waals surface area contributed by atoms with Gasteiger partial charge in [0.1, 0.15) is 0 Å². The molecule has 8 unspecified atom stereocenters. The summed E-state index contributed by atoms with van der Waals surface area (Å²) in [4.78, 5) is 46.3. The average Bonchev–Trinajstić information content (AvgIpc) is 2.36. The lowest BCUT2D eigenvalue weighted by molar-refractivity contribution is -0.192. The number of carbonyl (C=O) groups excluding carboxylic acids is 2. The number of carboxylic acid groups (broad SMARTS) is 2. The second-order valence-corrected chi connectivity index (χ2v) is 6.28. The molecule has 8 atom stereocenters. The first-order valence-electron chi connectivity index (χ1n) is 7.00. The number of amides is 2. The van der Waals surface area contributed by atoms with E-state index in [0.717, 1.165) is 0 Å². The smallest absolute Gasteiger partial charge is 0.308 e. The van der Waals surface area contributed by atoms with Crippen molar-refractivity contribution >= 4 is 23.8 Å². The van der Waals surface area contributed by atoms with Gasteiger partial charge in [-0.15, -0.1) is 0 Å². The van der Waals surface area contributed by atoms with E-state index < -0.39 is 71.1 Å². The first-order chi connectivity index (χ1) is 10.3. The van der Waals surface area contributed by atoms with Gasteiger partial charge in [0, 0.05) is 0 Å². The van der Waals surface area contributed by atoms with Crippen molar-refractivity contribution in [3.63, 3.8) is 0 Å². The molecule has 2 saturated carbocycles. The number of nitrogens with two attached hydrogens (primary N) is 2. The van der Waals surface area contributed by atoms with Crippen LogP contribution in [-0.4, -0.2) is 34.0 Å². The second kappa shape index (κ2) is 4.56. The van der Waals surface area contributed by atoms with Gasteiger partial charge in [-0.25, -0.2) is 0 Å². The Morgan fingerprint density at radius 3 is 1.23 bits per heavy atom. The van der Waals surface area contributed by atoms with Gasteiger partial charge >= 0.3 is 11.9 Å². The largest absolute Gasteiger partial charge is 0.481 e. The highest BCUT2D eigenvalue weighted by atomic mass is 16.4. The standard InChI is InChI=1S/C14H16N2O6/c15-11(17)9-5-3-1-2-4(6(5)10(9)12(16)18)8(14(21)22)7(3)13(19)20/h1-10H,(H2,15,17)(H2,16,18)(H,19,20)(H,21,22). The van der Waals surface area contributed by atoms with Gasteiger partial charge < -0.3 is 21.7 Å². The molecule has 22 heavy (non-hydrogen) atoms. The maximum atomic E-state index is 11.6. The molecule has 8 nitrogen and oxygen atoms in total. The SMILES string of the molecule is NC(=O)C1C(C(N)=O)C2C3C=CC(C(C(=O)O)C3C(=O)O)C12. The Morgan fingerprint density at radius 1 is 0.682 bits per heavy atom. The molecule has 4 aliphatic carbocycles. The zero-order chi connectivity index (χ0) is 16.3. The Balaban J connectivity index is 2.06. The Bertz CT molecular complexity index is 562. The van der Waals surface area contributed by atoms with E-state index in [1.807, 2.05) is 0 Å². The summed E-state index contributed by atoms with van der Waals surface area (Å²) in [6.07, 6.45) is 3.30. The molecule has 0 spiro atoms. The van der Waals surface area contributed by atoms with Crippen LogP contribution >= 0.6 is 0 Å². The Hall–Kier alpha value is -2.38. The molecule has 0 aliphatic heterocycles. The molecule has 4 aliphatic rings. The number of allylic oxidation sites excluding steroid dienone is 2. The van der Waals surface area contributed by atoms with Crippen molar-refractivity contribution in [2.24, 2.45) is 58.8 Å². The molecule has 0 radical (unpaired) electrons. The maximum absolute atomic E-state index is 11.6. The monoisotopic (exact) mass is 308 g/mol. The van der Waals surface area contributed by atoms with Crippen molar-refractivity contribution in [2.75, 3.05) is 0 Å². The Morgan fingerprint density at radius 2 is 1.00 bits per heavy atom. The summed E-state index contributed by atoms with van der Waals surface area (Å²) in [5.74, 6) is -9.80. The molecule has 2 fully saturated rings. The molecular weight excluding hydrogens is 292 g/mol. The molecule has 2 amide bonds. The third-order valence-corrected chi connectivity index (χ3v) is 5.55. The van der Waals surface area contributed by atoms with Crippen molar-refractivity contribution in [2.45, 2.75) is 0 Å². The lowest BCUT2D eigenvalue weighted by Crippen LogP contribution is -2.69. The molecule has 6 N–H and O–H groups in total. The summed E-state index contributed by atoms with van der Waals surface area (Å²) >= 11 is 0. The van der Waals surface area contributed by atoms with Crippen LogP contribution in [0.3, 0.4) is 0 Å². The fourth-order valence-corrected chi connectivity index (χ4v) is 4.88. The van der Waals surface area contributed by atoms with Crippen LogP contribution in [0.25, 0.3) is 0 Å². The highest BCUT2D eigenvalue weighted by Gasteiger charge is 2.69. The van der Waals surface area contributed by atoms with E-state index in [0.29, 0.717) is 0 Å². The van der Waals surface area contributed by atoms with Crippen molar-refractivity contribution in [3.05, 3.63) is 12.2 Å². The fraction of sp³-hybridized carbons (Fsp3) is 0.571. The minimum atomic E-state index is -1.21. The van der Waals surface area contributed by atoms with Crippen LogP contribution in [0.15, 0.2) is 12.2 Å². The minimum Gasteiger partial charge on any atom is -0.481 e. The van der Waals surface area contributed by atoms with E-state index in [9.17, 15) is 29.4 Å². The number of primary amides is 2. The predicted octanol–water partition coefficient (Wildman–Crippen LogP) is -1.35. The van der Waals surface area contributed by atoms with E-state index in [2.05, 4.69) is 0 Å². The highest BCUT2D eigenvalue weighted by Crippen LogP contribution is 2.64. The predicted molar refractivity (Wildman–Crippen MR) is 70.7 cm³/mol. The lowest BCUT2D eigenvalue weighted by Gasteiger charge is -2.62. The quantitative estimate of drug-likeness (QED) is 0.470. The number of fused-ring (bicyclic) bond motifs is 1. The molecule has 0 heterocycles. The van der Waals surface area contributed by atoms with E-state index in [1.54, 1.807) is 12.2 Å². The molecule has 4 rings (SSSR count). The van der Waals surface area contributed by atoms with Gasteiger partial charge in [0.25, 0.3) is 0 Å². The number of carbonyl (C=O) groups is 4. The summed E-state index contributed by atoms with van der Waals surface area (Å²) in [6, 6.07) is 0. The number of hydrogen-bond donors (Lipinski definition) is 4. The van der Waals surface area contributed by atoms with Gasteiger partial charge in [0.2, 0.25) is 11.8 Å². The number of carboxylic acids is 2. The van der Waals surface area contributed by atoms with E-state index in [4.69, 9.17) is 11.5 Å².